The number of halogens is 1. The van der Waals surface area contributed by atoms with E-state index in [0.717, 1.165) is 48.9 Å². The highest BCUT2D eigenvalue weighted by molar-refractivity contribution is 6.31. The van der Waals surface area contributed by atoms with Gasteiger partial charge in [-0.1, -0.05) is 29.8 Å². The van der Waals surface area contributed by atoms with Crippen LogP contribution in [-0.2, 0) is 17.7 Å². The van der Waals surface area contributed by atoms with Crippen molar-refractivity contribution in [2.75, 3.05) is 19.7 Å². The maximum Gasteiger partial charge on any atom is 0.191 e. The highest BCUT2D eigenvalue weighted by Crippen LogP contribution is 2.20. The molecule has 1 atom stereocenters. The molecule has 1 aromatic heterocycles. The van der Waals surface area contributed by atoms with Crippen LogP contribution in [0.4, 0.5) is 0 Å². The second-order valence-electron chi connectivity index (χ2n) is 5.38. The van der Waals surface area contributed by atoms with Crippen LogP contribution in [0.5, 0.6) is 0 Å². The molecule has 1 fully saturated rings. The number of aryl methyl sites for hydroxylation is 1. The fourth-order valence-electron chi connectivity index (χ4n) is 2.67. The van der Waals surface area contributed by atoms with E-state index in [1.807, 2.05) is 25.1 Å². The van der Waals surface area contributed by atoms with Gasteiger partial charge in [0.05, 0.1) is 18.4 Å². The van der Waals surface area contributed by atoms with E-state index < -0.39 is 0 Å². The summed E-state index contributed by atoms with van der Waals surface area (Å²) in [5.74, 6) is 0.714. The number of benzene rings is 1. The van der Waals surface area contributed by atoms with Gasteiger partial charge in [0.1, 0.15) is 6.26 Å². The van der Waals surface area contributed by atoms with Crippen molar-refractivity contribution in [2.24, 2.45) is 0 Å². The Hall–Kier alpha value is -1.36. The Bertz CT molecular complexity index is 599. The summed E-state index contributed by atoms with van der Waals surface area (Å²) in [6.07, 6.45) is 2.74. The Balaban J connectivity index is 1.59. The van der Waals surface area contributed by atoms with Crippen molar-refractivity contribution in [1.82, 2.24) is 9.88 Å². The number of rotatable bonds is 4. The van der Waals surface area contributed by atoms with Crippen LogP contribution in [0, 0.1) is 6.92 Å². The molecule has 1 aliphatic rings. The van der Waals surface area contributed by atoms with Gasteiger partial charge in [0.25, 0.3) is 0 Å². The maximum absolute atomic E-state index is 6.22. The van der Waals surface area contributed by atoms with Gasteiger partial charge in [-0.15, -0.1) is 0 Å². The number of hydrogen-bond acceptors (Lipinski definition) is 4. The summed E-state index contributed by atoms with van der Waals surface area (Å²) in [6.45, 7) is 5.22. The van der Waals surface area contributed by atoms with E-state index in [1.54, 1.807) is 6.26 Å². The van der Waals surface area contributed by atoms with Crippen LogP contribution in [0.1, 0.15) is 17.1 Å². The Morgan fingerprint density at radius 1 is 1.38 bits per heavy atom. The Morgan fingerprint density at radius 2 is 2.24 bits per heavy atom. The first-order valence-corrected chi connectivity index (χ1v) is 7.57. The zero-order chi connectivity index (χ0) is 14.7. The summed E-state index contributed by atoms with van der Waals surface area (Å²) in [5.41, 5.74) is 2.12. The smallest absolute Gasteiger partial charge is 0.191 e. The van der Waals surface area contributed by atoms with Gasteiger partial charge in [0.15, 0.2) is 5.89 Å². The lowest BCUT2D eigenvalue weighted by molar-refractivity contribution is -0.0308. The van der Waals surface area contributed by atoms with E-state index >= 15 is 0 Å². The number of aromatic nitrogens is 1. The molecule has 1 unspecified atom stereocenters. The Kier molecular flexibility index (Phi) is 4.58. The Labute approximate surface area is 129 Å². The van der Waals surface area contributed by atoms with Gasteiger partial charge in [0, 0.05) is 38.0 Å². The topological polar surface area (TPSA) is 38.5 Å². The number of oxazole rings is 1. The fraction of sp³-hybridized carbons (Fsp3) is 0.438. The average Bonchev–Trinajstić information content (AvgIpc) is 2.87. The van der Waals surface area contributed by atoms with Crippen molar-refractivity contribution < 1.29 is 9.15 Å². The first-order valence-electron chi connectivity index (χ1n) is 7.19. The summed E-state index contributed by atoms with van der Waals surface area (Å²) in [6, 6.07) is 7.95. The minimum Gasteiger partial charge on any atom is -0.449 e. The van der Waals surface area contributed by atoms with Gasteiger partial charge >= 0.3 is 0 Å². The van der Waals surface area contributed by atoms with E-state index in [4.69, 9.17) is 20.8 Å². The van der Waals surface area contributed by atoms with Crippen LogP contribution in [0.2, 0.25) is 5.02 Å². The summed E-state index contributed by atoms with van der Waals surface area (Å²) in [7, 11) is 0. The van der Waals surface area contributed by atoms with Gasteiger partial charge in [-0.05, 0) is 11.6 Å². The van der Waals surface area contributed by atoms with Crippen molar-refractivity contribution in [3.63, 3.8) is 0 Å². The van der Waals surface area contributed by atoms with E-state index in [-0.39, 0.29) is 6.10 Å². The molecule has 1 saturated heterocycles. The van der Waals surface area contributed by atoms with Gasteiger partial charge in [-0.3, -0.25) is 4.90 Å². The molecule has 21 heavy (non-hydrogen) atoms. The van der Waals surface area contributed by atoms with E-state index in [0.29, 0.717) is 5.89 Å². The molecule has 2 aromatic rings. The van der Waals surface area contributed by atoms with Crippen molar-refractivity contribution in [3.05, 3.63) is 52.7 Å². The molecule has 5 heteroatoms. The quantitative estimate of drug-likeness (QED) is 0.870. The summed E-state index contributed by atoms with van der Waals surface area (Å²) < 4.78 is 11.1. The second kappa shape index (κ2) is 6.60. The third-order valence-corrected chi connectivity index (χ3v) is 4.05. The molecule has 1 aromatic carbocycles. The maximum atomic E-state index is 6.22. The SMILES string of the molecule is Cc1nc(CN2CCOC(Cc3ccccc3Cl)C2)co1. The molecule has 0 bridgehead atoms. The number of hydrogen-bond donors (Lipinski definition) is 0. The molecule has 0 amide bonds. The first-order chi connectivity index (χ1) is 10.2. The molecule has 0 radical (unpaired) electrons. The first kappa shape index (κ1) is 14.6. The predicted octanol–water partition coefficient (Wildman–Crippen LogP) is 3.08. The van der Waals surface area contributed by atoms with Gasteiger partial charge in [-0.2, -0.15) is 0 Å². The van der Waals surface area contributed by atoms with Gasteiger partial charge in [-0.25, -0.2) is 4.98 Å². The molecule has 0 N–H and O–H groups in total. The van der Waals surface area contributed by atoms with Crippen molar-refractivity contribution in [2.45, 2.75) is 26.0 Å². The molecule has 112 valence electrons. The lowest BCUT2D eigenvalue weighted by atomic mass is 10.1. The van der Waals surface area contributed by atoms with E-state index in [1.165, 1.54) is 0 Å². The van der Waals surface area contributed by atoms with Crippen LogP contribution in [0.15, 0.2) is 34.9 Å². The highest BCUT2D eigenvalue weighted by atomic mass is 35.5. The summed E-state index contributed by atoms with van der Waals surface area (Å²) >= 11 is 6.22. The lowest BCUT2D eigenvalue weighted by Crippen LogP contribution is -2.42. The van der Waals surface area contributed by atoms with Gasteiger partial charge < -0.3 is 9.15 Å². The number of morpholine rings is 1. The summed E-state index contributed by atoms with van der Waals surface area (Å²) in [5, 5.41) is 0.811. The second-order valence-corrected chi connectivity index (χ2v) is 5.79. The van der Waals surface area contributed by atoms with Crippen molar-refractivity contribution in [3.8, 4) is 0 Å². The average molecular weight is 307 g/mol. The molecule has 0 aliphatic carbocycles. The molecule has 0 saturated carbocycles. The monoisotopic (exact) mass is 306 g/mol. The lowest BCUT2D eigenvalue weighted by Gasteiger charge is -2.32. The third-order valence-electron chi connectivity index (χ3n) is 3.68. The zero-order valence-corrected chi connectivity index (χ0v) is 12.8. The number of nitrogens with zero attached hydrogens (tertiary/aromatic N) is 2. The summed E-state index contributed by atoms with van der Waals surface area (Å²) in [4.78, 5) is 6.71. The molecular formula is C16H19ClN2O2. The standard InChI is InChI=1S/C16H19ClN2O2/c1-12-18-14(11-21-12)9-19-6-7-20-15(10-19)8-13-4-2-3-5-16(13)17/h2-5,11,15H,6-10H2,1H3. The van der Waals surface area contributed by atoms with Crippen LogP contribution >= 0.6 is 11.6 Å². The van der Waals surface area contributed by atoms with Gasteiger partial charge in [0.2, 0.25) is 0 Å². The molecule has 3 rings (SSSR count). The zero-order valence-electron chi connectivity index (χ0n) is 12.1. The normalized spacial score (nSPS) is 19.8. The molecule has 4 nitrogen and oxygen atoms in total. The van der Waals surface area contributed by atoms with Crippen LogP contribution in [-0.4, -0.2) is 35.7 Å². The van der Waals surface area contributed by atoms with Crippen LogP contribution in [0.3, 0.4) is 0 Å². The fourth-order valence-corrected chi connectivity index (χ4v) is 2.88. The van der Waals surface area contributed by atoms with E-state index in [9.17, 15) is 0 Å². The predicted molar refractivity (Wildman–Crippen MR) is 81.4 cm³/mol. The molecule has 1 aliphatic heterocycles. The van der Waals surface area contributed by atoms with Crippen LogP contribution in [0.25, 0.3) is 0 Å². The van der Waals surface area contributed by atoms with Crippen LogP contribution < -0.4 is 0 Å². The largest absolute Gasteiger partial charge is 0.449 e. The third kappa shape index (κ3) is 3.84. The number of ether oxygens (including phenoxy) is 1. The minimum absolute atomic E-state index is 0.173. The Morgan fingerprint density at radius 3 is 3.00 bits per heavy atom. The highest BCUT2D eigenvalue weighted by Gasteiger charge is 2.22. The minimum atomic E-state index is 0.173. The van der Waals surface area contributed by atoms with Crippen molar-refractivity contribution >= 4 is 11.6 Å². The van der Waals surface area contributed by atoms with E-state index in [2.05, 4.69) is 16.0 Å². The molecular weight excluding hydrogens is 288 g/mol. The molecule has 2 heterocycles. The molecule has 0 spiro atoms. The van der Waals surface area contributed by atoms with Crippen molar-refractivity contribution in [1.29, 1.82) is 0 Å².